The molecule has 0 aromatic carbocycles. The van der Waals surface area contributed by atoms with E-state index < -0.39 is 23.9 Å². The molecule has 1 unspecified atom stereocenters. The molecule has 10 heteroatoms. The SMILES string of the molecule is CCOC(=O)Cc1csc(NC(=O)C(C)OC(=O)c2ccnc(Cl)c2)n1. The maximum absolute atomic E-state index is 12.1. The van der Waals surface area contributed by atoms with Gasteiger partial charge < -0.3 is 9.47 Å². The zero-order chi connectivity index (χ0) is 19.1. The van der Waals surface area contributed by atoms with E-state index in [1.165, 1.54) is 25.3 Å². The molecule has 0 radical (unpaired) electrons. The molecule has 1 atom stereocenters. The smallest absolute Gasteiger partial charge is 0.339 e. The molecule has 8 nitrogen and oxygen atoms in total. The highest BCUT2D eigenvalue weighted by Gasteiger charge is 2.20. The Bertz CT molecular complexity index is 811. The lowest BCUT2D eigenvalue weighted by molar-refractivity contribution is -0.142. The summed E-state index contributed by atoms with van der Waals surface area (Å²) in [5.41, 5.74) is 0.676. The Kier molecular flexibility index (Phi) is 7.05. The second-order valence-corrected chi connectivity index (χ2v) is 6.28. The highest BCUT2D eigenvalue weighted by Crippen LogP contribution is 2.17. The molecule has 1 amide bonds. The number of pyridine rings is 1. The average Bonchev–Trinajstić information content (AvgIpc) is 3.01. The number of esters is 2. The van der Waals surface area contributed by atoms with Crippen LogP contribution in [0, 0.1) is 0 Å². The standard InChI is InChI=1S/C16H16ClN3O5S/c1-3-24-13(21)7-11-8-26-16(19-11)20-14(22)9(2)25-15(23)10-4-5-18-12(17)6-10/h4-6,8-9H,3,7H2,1-2H3,(H,19,20,22). The van der Waals surface area contributed by atoms with E-state index in [0.29, 0.717) is 10.8 Å². The zero-order valence-corrected chi connectivity index (χ0v) is 15.6. The molecule has 1 N–H and O–H groups in total. The normalized spacial score (nSPS) is 11.5. The van der Waals surface area contributed by atoms with E-state index in [1.54, 1.807) is 12.3 Å². The van der Waals surface area contributed by atoms with Crippen molar-refractivity contribution < 1.29 is 23.9 Å². The van der Waals surface area contributed by atoms with Gasteiger partial charge in [0.15, 0.2) is 11.2 Å². The summed E-state index contributed by atoms with van der Waals surface area (Å²) in [5, 5.41) is 4.62. The predicted octanol–water partition coefficient (Wildman–Crippen LogP) is 2.48. The van der Waals surface area contributed by atoms with Crippen molar-refractivity contribution in [3.8, 4) is 0 Å². The minimum Gasteiger partial charge on any atom is -0.466 e. The van der Waals surface area contributed by atoms with Crippen molar-refractivity contribution in [3.05, 3.63) is 40.1 Å². The molecule has 0 saturated heterocycles. The van der Waals surface area contributed by atoms with Crippen LogP contribution >= 0.6 is 22.9 Å². The van der Waals surface area contributed by atoms with E-state index in [0.717, 1.165) is 11.3 Å². The minimum atomic E-state index is -1.05. The number of thiazole rings is 1. The van der Waals surface area contributed by atoms with Gasteiger partial charge in [-0.2, -0.15) is 0 Å². The number of amides is 1. The number of anilines is 1. The van der Waals surface area contributed by atoms with E-state index in [9.17, 15) is 14.4 Å². The van der Waals surface area contributed by atoms with Crippen LogP contribution in [0.4, 0.5) is 5.13 Å². The van der Waals surface area contributed by atoms with Crippen molar-refractivity contribution in [1.29, 1.82) is 0 Å². The number of aromatic nitrogens is 2. The third kappa shape index (κ3) is 5.78. The predicted molar refractivity (Wildman–Crippen MR) is 95.2 cm³/mol. The summed E-state index contributed by atoms with van der Waals surface area (Å²) in [6.07, 6.45) is 0.338. The van der Waals surface area contributed by atoms with Crippen molar-refractivity contribution >= 4 is 45.9 Å². The fraction of sp³-hybridized carbons (Fsp3) is 0.312. The zero-order valence-electron chi connectivity index (χ0n) is 14.0. The average molecular weight is 398 g/mol. The Hall–Kier alpha value is -2.52. The van der Waals surface area contributed by atoms with Crippen LogP contribution in [0.2, 0.25) is 5.15 Å². The Balaban J connectivity index is 1.90. The van der Waals surface area contributed by atoms with E-state index in [4.69, 9.17) is 21.1 Å². The van der Waals surface area contributed by atoms with Gasteiger partial charge in [-0.05, 0) is 26.0 Å². The van der Waals surface area contributed by atoms with Crippen LogP contribution < -0.4 is 5.32 Å². The first kappa shape index (κ1) is 19.8. The number of rotatable bonds is 7. The first-order chi connectivity index (χ1) is 12.4. The maximum atomic E-state index is 12.1. The first-order valence-corrected chi connectivity index (χ1v) is 8.88. The molecule has 0 aliphatic carbocycles. The molecule has 2 aromatic heterocycles. The molecule has 0 saturated carbocycles. The third-order valence-electron chi connectivity index (χ3n) is 3.03. The molecule has 138 valence electrons. The number of carbonyl (C=O) groups excluding carboxylic acids is 3. The number of hydrogen-bond acceptors (Lipinski definition) is 8. The molecule has 0 aliphatic rings. The van der Waals surface area contributed by atoms with Gasteiger partial charge >= 0.3 is 11.9 Å². The fourth-order valence-electron chi connectivity index (χ4n) is 1.82. The summed E-state index contributed by atoms with van der Waals surface area (Å²) in [4.78, 5) is 43.4. The van der Waals surface area contributed by atoms with E-state index in [2.05, 4.69) is 15.3 Å². The van der Waals surface area contributed by atoms with Gasteiger partial charge in [0.1, 0.15) is 5.15 Å². The second-order valence-electron chi connectivity index (χ2n) is 5.03. The van der Waals surface area contributed by atoms with Crippen molar-refractivity contribution in [2.45, 2.75) is 26.4 Å². The summed E-state index contributed by atoms with van der Waals surface area (Å²) in [5.74, 6) is -1.64. The van der Waals surface area contributed by atoms with Crippen LogP contribution in [0.15, 0.2) is 23.7 Å². The van der Waals surface area contributed by atoms with Gasteiger partial charge in [-0.1, -0.05) is 11.6 Å². The maximum Gasteiger partial charge on any atom is 0.339 e. The molecule has 2 rings (SSSR count). The van der Waals surface area contributed by atoms with Crippen molar-refractivity contribution in [2.75, 3.05) is 11.9 Å². The van der Waals surface area contributed by atoms with Crippen molar-refractivity contribution in [2.24, 2.45) is 0 Å². The van der Waals surface area contributed by atoms with Gasteiger partial charge in [0.05, 0.1) is 24.3 Å². The number of hydrogen-bond donors (Lipinski definition) is 1. The molecule has 2 aromatic rings. The highest BCUT2D eigenvalue weighted by atomic mass is 35.5. The summed E-state index contributed by atoms with van der Waals surface area (Å²) in [6.45, 7) is 3.44. The summed E-state index contributed by atoms with van der Waals surface area (Å²) in [7, 11) is 0. The number of nitrogens with zero attached hydrogens (tertiary/aromatic N) is 2. The third-order valence-corrected chi connectivity index (χ3v) is 4.04. The Morgan fingerprint density at radius 1 is 1.38 bits per heavy atom. The van der Waals surface area contributed by atoms with Gasteiger partial charge in [0.2, 0.25) is 0 Å². The van der Waals surface area contributed by atoms with Crippen molar-refractivity contribution in [3.63, 3.8) is 0 Å². The molecule has 0 aliphatic heterocycles. The lowest BCUT2D eigenvalue weighted by Gasteiger charge is -2.12. The molecule has 0 fully saturated rings. The lowest BCUT2D eigenvalue weighted by atomic mass is 10.3. The van der Waals surface area contributed by atoms with Crippen LogP contribution in [0.1, 0.15) is 29.9 Å². The minimum absolute atomic E-state index is 0.0214. The van der Waals surface area contributed by atoms with Gasteiger partial charge in [-0.25, -0.2) is 14.8 Å². The van der Waals surface area contributed by atoms with E-state index in [-0.39, 0.29) is 23.7 Å². The highest BCUT2D eigenvalue weighted by molar-refractivity contribution is 7.13. The van der Waals surface area contributed by atoms with Gasteiger partial charge in [-0.15, -0.1) is 11.3 Å². The summed E-state index contributed by atoms with van der Waals surface area (Å²) in [6, 6.07) is 2.78. The van der Waals surface area contributed by atoms with Crippen LogP contribution in [0.25, 0.3) is 0 Å². The Morgan fingerprint density at radius 3 is 2.85 bits per heavy atom. The van der Waals surface area contributed by atoms with Crippen LogP contribution in [-0.2, 0) is 25.5 Å². The number of nitrogens with one attached hydrogen (secondary N) is 1. The van der Waals surface area contributed by atoms with Crippen LogP contribution in [0.3, 0.4) is 0 Å². The molecule has 0 spiro atoms. The second kappa shape index (κ2) is 9.25. The summed E-state index contributed by atoms with van der Waals surface area (Å²) >= 11 is 6.87. The molecular weight excluding hydrogens is 382 g/mol. The van der Waals surface area contributed by atoms with Gasteiger partial charge in [-0.3, -0.25) is 14.9 Å². The number of carbonyl (C=O) groups is 3. The molecular formula is C16H16ClN3O5S. The van der Waals surface area contributed by atoms with E-state index >= 15 is 0 Å². The first-order valence-electron chi connectivity index (χ1n) is 7.62. The largest absolute Gasteiger partial charge is 0.466 e. The van der Waals surface area contributed by atoms with E-state index in [1.807, 2.05) is 0 Å². The van der Waals surface area contributed by atoms with Gasteiger partial charge in [0.25, 0.3) is 5.91 Å². The topological polar surface area (TPSA) is 107 Å². The fourth-order valence-corrected chi connectivity index (χ4v) is 2.71. The molecule has 2 heterocycles. The van der Waals surface area contributed by atoms with Crippen LogP contribution in [0.5, 0.6) is 0 Å². The molecule has 0 bridgehead atoms. The monoisotopic (exact) mass is 397 g/mol. The summed E-state index contributed by atoms with van der Waals surface area (Å²) < 4.78 is 9.93. The quantitative estimate of drug-likeness (QED) is 0.564. The number of halogens is 1. The lowest BCUT2D eigenvalue weighted by Crippen LogP contribution is -2.30. The van der Waals surface area contributed by atoms with Crippen LogP contribution in [-0.4, -0.2) is 40.5 Å². The Labute approximate surface area is 158 Å². The Morgan fingerprint density at radius 2 is 2.15 bits per heavy atom. The number of ether oxygens (including phenoxy) is 2. The molecule has 26 heavy (non-hydrogen) atoms. The van der Waals surface area contributed by atoms with Crippen molar-refractivity contribution in [1.82, 2.24) is 9.97 Å². The van der Waals surface area contributed by atoms with Gasteiger partial charge in [0, 0.05) is 11.6 Å².